The van der Waals surface area contributed by atoms with Gasteiger partial charge in [0.1, 0.15) is 0 Å². The Morgan fingerprint density at radius 1 is 1.09 bits per heavy atom. The van der Waals surface area contributed by atoms with Gasteiger partial charge in [0.05, 0.1) is 10.7 Å². The number of hydrogen-bond acceptors (Lipinski definition) is 1. The number of para-hydroxylation sites is 2. The SMILES string of the molecule is S=C(NCCc1c[nH]c2ccccc12)Nc1ccccc1Cl. The molecular weight excluding hydrogens is 314 g/mol. The summed E-state index contributed by atoms with van der Waals surface area (Å²) in [4.78, 5) is 3.28. The van der Waals surface area contributed by atoms with E-state index in [-0.39, 0.29) is 0 Å². The van der Waals surface area contributed by atoms with Crippen LogP contribution in [0.5, 0.6) is 0 Å². The summed E-state index contributed by atoms with van der Waals surface area (Å²) in [5, 5.41) is 8.81. The largest absolute Gasteiger partial charge is 0.362 e. The van der Waals surface area contributed by atoms with Crippen LogP contribution in [0.25, 0.3) is 10.9 Å². The van der Waals surface area contributed by atoms with Crippen molar-refractivity contribution in [3.8, 4) is 0 Å². The van der Waals surface area contributed by atoms with Crippen LogP contribution in [0.4, 0.5) is 5.69 Å². The van der Waals surface area contributed by atoms with E-state index in [0.717, 1.165) is 24.2 Å². The van der Waals surface area contributed by atoms with Crippen LogP contribution in [-0.4, -0.2) is 16.6 Å². The number of benzene rings is 2. The molecule has 0 saturated heterocycles. The van der Waals surface area contributed by atoms with E-state index >= 15 is 0 Å². The molecule has 0 amide bonds. The first kappa shape index (κ1) is 14.9. The number of halogens is 1. The highest BCUT2D eigenvalue weighted by Crippen LogP contribution is 2.20. The molecule has 3 aromatic rings. The minimum absolute atomic E-state index is 0.577. The van der Waals surface area contributed by atoms with Gasteiger partial charge in [0, 0.05) is 23.6 Å². The van der Waals surface area contributed by atoms with Crippen molar-refractivity contribution in [2.45, 2.75) is 6.42 Å². The molecule has 0 bridgehead atoms. The zero-order valence-electron chi connectivity index (χ0n) is 11.9. The Hall–Kier alpha value is -2.04. The van der Waals surface area contributed by atoms with Gasteiger partial charge in [-0.3, -0.25) is 0 Å². The molecule has 0 aliphatic carbocycles. The molecule has 0 fully saturated rings. The predicted molar refractivity (Wildman–Crippen MR) is 97.7 cm³/mol. The molecule has 0 radical (unpaired) electrons. The summed E-state index contributed by atoms with van der Waals surface area (Å²) in [6.45, 7) is 0.762. The fourth-order valence-electron chi connectivity index (χ4n) is 2.38. The van der Waals surface area contributed by atoms with Gasteiger partial charge in [-0.25, -0.2) is 0 Å². The van der Waals surface area contributed by atoms with E-state index in [1.165, 1.54) is 10.9 Å². The number of rotatable bonds is 4. The van der Waals surface area contributed by atoms with Crippen LogP contribution in [0.3, 0.4) is 0 Å². The summed E-state index contributed by atoms with van der Waals surface area (Å²) in [5.41, 5.74) is 3.26. The van der Waals surface area contributed by atoms with Gasteiger partial charge in [0.2, 0.25) is 0 Å². The molecule has 112 valence electrons. The van der Waals surface area contributed by atoms with E-state index in [9.17, 15) is 0 Å². The number of H-pyrrole nitrogens is 1. The van der Waals surface area contributed by atoms with Crippen LogP contribution in [0.2, 0.25) is 5.02 Å². The molecule has 3 rings (SSSR count). The number of anilines is 1. The molecule has 3 N–H and O–H groups in total. The highest BCUT2D eigenvalue weighted by Gasteiger charge is 2.04. The van der Waals surface area contributed by atoms with Crippen molar-refractivity contribution >= 4 is 45.5 Å². The fraction of sp³-hybridized carbons (Fsp3) is 0.118. The second-order valence-corrected chi connectivity index (χ2v) is 5.79. The van der Waals surface area contributed by atoms with E-state index in [1.54, 1.807) is 0 Å². The van der Waals surface area contributed by atoms with Crippen LogP contribution in [0.15, 0.2) is 54.7 Å². The van der Waals surface area contributed by atoms with Crippen molar-refractivity contribution in [2.24, 2.45) is 0 Å². The monoisotopic (exact) mass is 329 g/mol. The minimum atomic E-state index is 0.577. The average Bonchev–Trinajstić information content (AvgIpc) is 2.93. The third kappa shape index (κ3) is 3.40. The number of hydrogen-bond donors (Lipinski definition) is 3. The number of aromatic amines is 1. The van der Waals surface area contributed by atoms with Gasteiger partial charge in [0.25, 0.3) is 0 Å². The predicted octanol–water partition coefficient (Wildman–Crippen LogP) is 4.35. The zero-order valence-corrected chi connectivity index (χ0v) is 13.5. The number of thiocarbonyl (C=S) groups is 1. The Labute approximate surface area is 139 Å². The van der Waals surface area contributed by atoms with E-state index in [1.807, 2.05) is 30.3 Å². The van der Waals surface area contributed by atoms with Gasteiger partial charge in [-0.1, -0.05) is 41.9 Å². The van der Waals surface area contributed by atoms with Crippen LogP contribution in [0.1, 0.15) is 5.56 Å². The summed E-state index contributed by atoms with van der Waals surface area (Å²) in [7, 11) is 0. The van der Waals surface area contributed by atoms with Crippen molar-refractivity contribution in [3.05, 3.63) is 65.3 Å². The molecule has 2 aromatic carbocycles. The summed E-state index contributed by atoms with van der Waals surface area (Å²) in [6, 6.07) is 15.8. The Morgan fingerprint density at radius 3 is 2.73 bits per heavy atom. The normalized spacial score (nSPS) is 10.6. The molecule has 22 heavy (non-hydrogen) atoms. The summed E-state index contributed by atoms with van der Waals surface area (Å²) < 4.78 is 0. The minimum Gasteiger partial charge on any atom is -0.362 e. The van der Waals surface area contributed by atoms with Gasteiger partial charge in [0.15, 0.2) is 5.11 Å². The highest BCUT2D eigenvalue weighted by molar-refractivity contribution is 7.80. The lowest BCUT2D eigenvalue weighted by Gasteiger charge is -2.11. The number of aromatic nitrogens is 1. The lowest BCUT2D eigenvalue weighted by Crippen LogP contribution is -2.30. The first-order chi connectivity index (χ1) is 10.7. The third-order valence-electron chi connectivity index (χ3n) is 3.48. The van der Waals surface area contributed by atoms with Crippen LogP contribution < -0.4 is 10.6 Å². The molecule has 1 aromatic heterocycles. The van der Waals surface area contributed by atoms with Crippen molar-refractivity contribution in [1.82, 2.24) is 10.3 Å². The molecule has 5 heteroatoms. The fourth-order valence-corrected chi connectivity index (χ4v) is 2.77. The number of fused-ring (bicyclic) bond motifs is 1. The summed E-state index contributed by atoms with van der Waals surface area (Å²) in [5.74, 6) is 0. The maximum Gasteiger partial charge on any atom is 0.170 e. The highest BCUT2D eigenvalue weighted by atomic mass is 35.5. The van der Waals surface area contributed by atoms with E-state index in [4.69, 9.17) is 23.8 Å². The molecule has 0 saturated carbocycles. The van der Waals surface area contributed by atoms with Crippen molar-refractivity contribution < 1.29 is 0 Å². The first-order valence-electron chi connectivity index (χ1n) is 7.08. The molecule has 0 atom stereocenters. The number of nitrogens with one attached hydrogen (secondary N) is 3. The molecule has 0 unspecified atom stereocenters. The van der Waals surface area contributed by atoms with E-state index in [0.29, 0.717) is 10.1 Å². The summed E-state index contributed by atoms with van der Waals surface area (Å²) in [6.07, 6.45) is 2.95. The van der Waals surface area contributed by atoms with Gasteiger partial charge < -0.3 is 15.6 Å². The van der Waals surface area contributed by atoms with Crippen molar-refractivity contribution in [3.63, 3.8) is 0 Å². The molecule has 3 nitrogen and oxygen atoms in total. The second-order valence-electron chi connectivity index (χ2n) is 4.97. The van der Waals surface area contributed by atoms with Gasteiger partial charge in [-0.05, 0) is 42.4 Å². The van der Waals surface area contributed by atoms with Crippen LogP contribution >= 0.6 is 23.8 Å². The van der Waals surface area contributed by atoms with Crippen molar-refractivity contribution in [1.29, 1.82) is 0 Å². The van der Waals surface area contributed by atoms with E-state index in [2.05, 4.69) is 40.0 Å². The lowest BCUT2D eigenvalue weighted by atomic mass is 10.1. The molecule has 0 spiro atoms. The van der Waals surface area contributed by atoms with Gasteiger partial charge >= 0.3 is 0 Å². The molecule has 0 aliphatic heterocycles. The molecular formula is C17H16ClN3S. The topological polar surface area (TPSA) is 39.9 Å². The van der Waals surface area contributed by atoms with Gasteiger partial charge in [-0.15, -0.1) is 0 Å². The van der Waals surface area contributed by atoms with Crippen molar-refractivity contribution in [2.75, 3.05) is 11.9 Å². The molecule has 1 heterocycles. The zero-order chi connectivity index (χ0) is 15.4. The summed E-state index contributed by atoms with van der Waals surface area (Å²) >= 11 is 11.4. The second kappa shape index (κ2) is 6.81. The Balaban J connectivity index is 1.55. The Bertz CT molecular complexity index is 797. The third-order valence-corrected chi connectivity index (χ3v) is 4.05. The first-order valence-corrected chi connectivity index (χ1v) is 7.87. The maximum absolute atomic E-state index is 6.09. The van der Waals surface area contributed by atoms with E-state index < -0.39 is 0 Å². The van der Waals surface area contributed by atoms with Gasteiger partial charge in [-0.2, -0.15) is 0 Å². The van der Waals surface area contributed by atoms with Crippen LogP contribution in [0, 0.1) is 0 Å². The van der Waals surface area contributed by atoms with Crippen LogP contribution in [-0.2, 0) is 6.42 Å². The average molecular weight is 330 g/mol. The quantitative estimate of drug-likeness (QED) is 0.623. The standard InChI is InChI=1S/C17H16ClN3S/c18-14-6-2-4-8-16(14)21-17(22)19-10-9-12-11-20-15-7-3-1-5-13(12)15/h1-8,11,20H,9-10H2,(H2,19,21,22). The molecule has 0 aliphatic rings. The Kier molecular flexibility index (Phi) is 4.61. The Morgan fingerprint density at radius 2 is 1.86 bits per heavy atom. The smallest absolute Gasteiger partial charge is 0.170 e. The maximum atomic E-state index is 6.09. The lowest BCUT2D eigenvalue weighted by molar-refractivity contribution is 0.878.